The first-order chi connectivity index (χ1) is 12.1. The van der Waals surface area contributed by atoms with Crippen molar-refractivity contribution >= 4 is 34.9 Å². The van der Waals surface area contributed by atoms with Crippen LogP contribution < -0.4 is 5.32 Å². The fourth-order valence-corrected chi connectivity index (χ4v) is 4.26. The molecule has 3 atom stereocenters. The maximum atomic E-state index is 11.6. The molecule has 1 N–H and O–H groups in total. The van der Waals surface area contributed by atoms with Gasteiger partial charge in [0.25, 0.3) is 0 Å². The first-order valence-electron chi connectivity index (χ1n) is 8.19. The van der Waals surface area contributed by atoms with E-state index in [0.29, 0.717) is 27.4 Å². The third-order valence-electron chi connectivity index (χ3n) is 5.12. The Bertz CT molecular complexity index is 861. The Labute approximate surface area is 156 Å². The number of anilines is 1. The van der Waals surface area contributed by atoms with Crippen molar-refractivity contribution < 1.29 is 9.53 Å². The van der Waals surface area contributed by atoms with Crippen LogP contribution in [0.25, 0.3) is 0 Å². The topological polar surface area (TPSA) is 38.3 Å². The Morgan fingerprint density at radius 3 is 2.64 bits per heavy atom. The minimum absolute atomic E-state index is 0.107. The van der Waals surface area contributed by atoms with Crippen LogP contribution in [0, 0.1) is 5.92 Å². The van der Waals surface area contributed by atoms with Crippen LogP contribution in [0.15, 0.2) is 48.6 Å². The minimum atomic E-state index is -0.330. The van der Waals surface area contributed by atoms with E-state index in [2.05, 4.69) is 23.5 Å². The molecule has 3 nitrogen and oxygen atoms in total. The summed E-state index contributed by atoms with van der Waals surface area (Å²) in [6.45, 7) is 0. The maximum Gasteiger partial charge on any atom is 0.337 e. The van der Waals surface area contributed by atoms with Gasteiger partial charge < -0.3 is 10.1 Å². The summed E-state index contributed by atoms with van der Waals surface area (Å²) in [4.78, 5) is 11.6. The highest BCUT2D eigenvalue weighted by atomic mass is 35.5. The molecule has 0 saturated heterocycles. The van der Waals surface area contributed by atoms with Gasteiger partial charge in [-0.1, -0.05) is 53.6 Å². The van der Waals surface area contributed by atoms with Gasteiger partial charge in [0.1, 0.15) is 0 Å². The molecule has 0 aromatic heterocycles. The number of esters is 1. The molecule has 0 amide bonds. The Hall–Kier alpha value is -1.97. The van der Waals surface area contributed by atoms with E-state index >= 15 is 0 Å². The van der Waals surface area contributed by atoms with Gasteiger partial charge in [-0.3, -0.25) is 0 Å². The molecule has 25 heavy (non-hydrogen) atoms. The third kappa shape index (κ3) is 2.72. The van der Waals surface area contributed by atoms with Gasteiger partial charge in [0.05, 0.1) is 34.4 Å². The Balaban J connectivity index is 1.73. The fraction of sp³-hybridized carbons (Fsp3) is 0.250. The van der Waals surface area contributed by atoms with Crippen LogP contribution in [0.4, 0.5) is 5.69 Å². The van der Waals surface area contributed by atoms with Crippen LogP contribution in [-0.2, 0) is 4.74 Å². The molecule has 0 spiro atoms. The molecule has 1 aliphatic carbocycles. The van der Waals surface area contributed by atoms with Crippen molar-refractivity contribution in [3.63, 3.8) is 0 Å². The maximum absolute atomic E-state index is 11.6. The van der Waals surface area contributed by atoms with Crippen molar-refractivity contribution in [1.29, 1.82) is 0 Å². The fourth-order valence-electron chi connectivity index (χ4n) is 3.88. The average Bonchev–Trinajstić information content (AvgIpc) is 3.13. The van der Waals surface area contributed by atoms with Gasteiger partial charge in [-0.05, 0) is 41.7 Å². The molecule has 0 fully saturated rings. The molecule has 0 radical (unpaired) electrons. The predicted molar refractivity (Wildman–Crippen MR) is 101 cm³/mol. The van der Waals surface area contributed by atoms with Gasteiger partial charge in [-0.25, -0.2) is 4.79 Å². The number of rotatable bonds is 2. The molecule has 0 bridgehead atoms. The lowest BCUT2D eigenvalue weighted by Crippen LogP contribution is -2.29. The second kappa shape index (κ2) is 6.40. The van der Waals surface area contributed by atoms with Crippen LogP contribution in [0.2, 0.25) is 10.0 Å². The van der Waals surface area contributed by atoms with Crippen LogP contribution in [-0.4, -0.2) is 13.1 Å². The Morgan fingerprint density at radius 1 is 1.16 bits per heavy atom. The summed E-state index contributed by atoms with van der Waals surface area (Å²) in [5.41, 5.74) is 3.76. The van der Waals surface area contributed by atoms with Crippen LogP contribution in [0.5, 0.6) is 0 Å². The molecule has 1 aliphatic heterocycles. The van der Waals surface area contributed by atoms with E-state index in [1.165, 1.54) is 12.7 Å². The number of hydrogen-bond donors (Lipinski definition) is 1. The summed E-state index contributed by atoms with van der Waals surface area (Å²) >= 11 is 12.7. The second-order valence-electron chi connectivity index (χ2n) is 6.41. The summed E-state index contributed by atoms with van der Waals surface area (Å²) in [7, 11) is 1.39. The summed E-state index contributed by atoms with van der Waals surface area (Å²) < 4.78 is 4.77. The number of ether oxygens (including phenoxy) is 1. The number of fused-ring (bicyclic) bond motifs is 3. The highest BCUT2D eigenvalue weighted by Crippen LogP contribution is 2.52. The smallest absolute Gasteiger partial charge is 0.337 e. The second-order valence-corrected chi connectivity index (χ2v) is 7.20. The molecule has 2 aromatic rings. The molecule has 1 heterocycles. The molecule has 4 rings (SSSR count). The van der Waals surface area contributed by atoms with Gasteiger partial charge >= 0.3 is 5.97 Å². The Morgan fingerprint density at radius 2 is 1.92 bits per heavy atom. The number of methoxy groups -OCH3 is 1. The molecule has 0 saturated carbocycles. The zero-order chi connectivity index (χ0) is 17.6. The van der Waals surface area contributed by atoms with Crippen molar-refractivity contribution in [3.8, 4) is 0 Å². The van der Waals surface area contributed by atoms with E-state index in [-0.39, 0.29) is 12.0 Å². The normalized spacial score (nSPS) is 23.6. The lowest BCUT2D eigenvalue weighted by Gasteiger charge is -2.38. The molecule has 2 aromatic carbocycles. The predicted octanol–water partition coefficient (Wildman–Crippen LogP) is 5.61. The van der Waals surface area contributed by atoms with Gasteiger partial charge in [0.15, 0.2) is 0 Å². The van der Waals surface area contributed by atoms with E-state index in [1.54, 1.807) is 12.1 Å². The molecule has 2 aliphatic rings. The number of nitrogens with one attached hydrogen (secondary N) is 1. The minimum Gasteiger partial charge on any atom is -0.465 e. The number of carbonyl (C=O) groups is 1. The van der Waals surface area contributed by atoms with Crippen LogP contribution >= 0.6 is 23.2 Å². The zero-order valence-electron chi connectivity index (χ0n) is 13.6. The summed E-state index contributed by atoms with van der Waals surface area (Å²) in [5.74, 6) is 0.397. The average molecular weight is 374 g/mol. The standard InChI is InChI=1S/C20H17Cl2NO2/c1-25-20(24)12-7-5-11(6-8-12)18-14-4-2-3-13(14)15-9-10-16(21)17(22)19(15)23-18/h2-3,5-10,13-14,18,23H,4H2,1H3/t13-,14+,18+/m1/s1. The van der Waals surface area contributed by atoms with Crippen molar-refractivity contribution in [1.82, 2.24) is 0 Å². The lowest BCUT2D eigenvalue weighted by molar-refractivity contribution is 0.0600. The van der Waals surface area contributed by atoms with Crippen molar-refractivity contribution in [2.45, 2.75) is 18.4 Å². The molecule has 128 valence electrons. The van der Waals surface area contributed by atoms with Gasteiger partial charge in [-0.15, -0.1) is 0 Å². The van der Waals surface area contributed by atoms with E-state index in [0.717, 1.165) is 17.7 Å². The molecule has 5 heteroatoms. The zero-order valence-corrected chi connectivity index (χ0v) is 15.1. The van der Waals surface area contributed by atoms with Gasteiger partial charge in [-0.2, -0.15) is 0 Å². The van der Waals surface area contributed by atoms with E-state index in [4.69, 9.17) is 27.9 Å². The highest BCUT2D eigenvalue weighted by Gasteiger charge is 2.38. The summed E-state index contributed by atoms with van der Waals surface area (Å²) in [6.07, 6.45) is 5.48. The SMILES string of the molecule is COC(=O)c1ccc([C@@H]2Nc3c(ccc(Cl)c3Cl)[C@@H]3C=CC[C@@H]32)cc1. The number of allylic oxidation sites excluding steroid dienone is 2. The quantitative estimate of drug-likeness (QED) is 0.549. The number of carbonyl (C=O) groups excluding carboxylic acids is 1. The number of halogens is 2. The Kier molecular flexibility index (Phi) is 4.22. The lowest BCUT2D eigenvalue weighted by atomic mass is 9.77. The monoisotopic (exact) mass is 373 g/mol. The third-order valence-corrected chi connectivity index (χ3v) is 5.92. The number of hydrogen-bond acceptors (Lipinski definition) is 3. The first kappa shape index (κ1) is 16.5. The molecular weight excluding hydrogens is 357 g/mol. The molecule has 0 unspecified atom stereocenters. The summed E-state index contributed by atoms with van der Waals surface area (Å²) in [6, 6.07) is 11.6. The van der Waals surface area contributed by atoms with Gasteiger partial charge in [0.2, 0.25) is 0 Å². The van der Waals surface area contributed by atoms with E-state index < -0.39 is 0 Å². The largest absolute Gasteiger partial charge is 0.465 e. The summed E-state index contributed by atoms with van der Waals surface area (Å²) in [5, 5.41) is 4.70. The van der Waals surface area contributed by atoms with Crippen LogP contribution in [0.1, 0.15) is 39.9 Å². The number of benzene rings is 2. The molecular formula is C20H17Cl2NO2. The van der Waals surface area contributed by atoms with Gasteiger partial charge in [0, 0.05) is 5.92 Å². The van der Waals surface area contributed by atoms with Crippen molar-refractivity contribution in [2.75, 3.05) is 12.4 Å². The van der Waals surface area contributed by atoms with E-state index in [1.807, 2.05) is 18.2 Å². The van der Waals surface area contributed by atoms with Crippen LogP contribution in [0.3, 0.4) is 0 Å². The van der Waals surface area contributed by atoms with Crippen molar-refractivity contribution in [2.24, 2.45) is 5.92 Å². The highest BCUT2D eigenvalue weighted by molar-refractivity contribution is 6.43. The van der Waals surface area contributed by atoms with E-state index in [9.17, 15) is 4.79 Å². The first-order valence-corrected chi connectivity index (χ1v) is 8.95. The van der Waals surface area contributed by atoms with Crippen molar-refractivity contribution in [3.05, 3.63) is 75.3 Å².